The van der Waals surface area contributed by atoms with Gasteiger partial charge in [-0.1, -0.05) is 50.3 Å². The molecule has 1 aliphatic rings. The number of hydrogen-bond acceptors (Lipinski definition) is 4. The molecular formula is C31H30N4O3. The predicted octanol–water partition coefficient (Wildman–Crippen LogP) is 5.79. The molecule has 38 heavy (non-hydrogen) atoms. The summed E-state index contributed by atoms with van der Waals surface area (Å²) in [6.45, 7) is 4.86. The van der Waals surface area contributed by atoms with Gasteiger partial charge in [0, 0.05) is 31.5 Å². The summed E-state index contributed by atoms with van der Waals surface area (Å²) in [5.41, 5.74) is 8.09. The van der Waals surface area contributed by atoms with Crippen molar-refractivity contribution in [2.45, 2.75) is 32.7 Å². The summed E-state index contributed by atoms with van der Waals surface area (Å²) in [6, 6.07) is 18.8. The van der Waals surface area contributed by atoms with Gasteiger partial charge in [0.1, 0.15) is 0 Å². The first-order valence-corrected chi connectivity index (χ1v) is 12.7. The molecule has 0 spiro atoms. The van der Waals surface area contributed by atoms with Gasteiger partial charge in [-0.05, 0) is 76.4 Å². The number of hydrogen-bond donors (Lipinski definition) is 2. The Morgan fingerprint density at radius 1 is 1.05 bits per heavy atom. The zero-order chi connectivity index (χ0) is 26.8. The minimum atomic E-state index is -0.979. The smallest absolute Gasteiger partial charge is 0.335 e. The first-order chi connectivity index (χ1) is 18.3. The highest BCUT2D eigenvalue weighted by molar-refractivity contribution is 5.93. The number of nitrogens with one attached hydrogen (secondary N) is 1. The summed E-state index contributed by atoms with van der Waals surface area (Å²) >= 11 is 0. The van der Waals surface area contributed by atoms with Crippen LogP contribution in [0.1, 0.15) is 69.3 Å². The molecule has 0 aliphatic heterocycles. The monoisotopic (exact) mass is 506 g/mol. The van der Waals surface area contributed by atoms with E-state index < -0.39 is 5.97 Å². The fourth-order valence-electron chi connectivity index (χ4n) is 4.99. The van der Waals surface area contributed by atoms with Crippen molar-refractivity contribution in [1.82, 2.24) is 20.1 Å². The Morgan fingerprint density at radius 2 is 1.84 bits per heavy atom. The number of aryl methyl sites for hydroxylation is 1. The lowest BCUT2D eigenvalue weighted by Crippen LogP contribution is -2.23. The van der Waals surface area contributed by atoms with Crippen LogP contribution in [-0.4, -0.2) is 31.7 Å². The number of benzene rings is 2. The Morgan fingerprint density at radius 3 is 2.55 bits per heavy atom. The largest absolute Gasteiger partial charge is 0.478 e. The van der Waals surface area contributed by atoms with Crippen LogP contribution in [0, 0.1) is 5.92 Å². The van der Waals surface area contributed by atoms with Crippen LogP contribution in [0.5, 0.6) is 0 Å². The number of rotatable bonds is 6. The van der Waals surface area contributed by atoms with E-state index in [1.165, 1.54) is 28.8 Å². The molecule has 1 unspecified atom stereocenters. The van der Waals surface area contributed by atoms with Crippen LogP contribution in [0.25, 0.3) is 22.9 Å². The molecule has 2 heterocycles. The number of carbonyl (C=O) groups is 2. The van der Waals surface area contributed by atoms with Gasteiger partial charge in [0.2, 0.25) is 0 Å². The maximum absolute atomic E-state index is 12.9. The van der Waals surface area contributed by atoms with Crippen molar-refractivity contribution in [3.05, 3.63) is 107 Å². The van der Waals surface area contributed by atoms with E-state index in [0.717, 1.165) is 28.8 Å². The normalized spacial score (nSPS) is 16.8. The molecule has 2 aromatic carbocycles. The van der Waals surface area contributed by atoms with Crippen molar-refractivity contribution in [3.8, 4) is 11.3 Å². The number of nitrogens with zero attached hydrogens (tertiary/aromatic N) is 3. The molecule has 1 aliphatic carbocycles. The number of amides is 1. The van der Waals surface area contributed by atoms with Crippen LogP contribution < -0.4 is 5.32 Å². The molecule has 0 fully saturated rings. The summed E-state index contributed by atoms with van der Waals surface area (Å²) in [4.78, 5) is 28.2. The number of carboxylic acids is 1. The van der Waals surface area contributed by atoms with Crippen molar-refractivity contribution in [3.63, 3.8) is 0 Å². The van der Waals surface area contributed by atoms with E-state index in [-0.39, 0.29) is 18.0 Å². The van der Waals surface area contributed by atoms with Crippen LogP contribution in [0.4, 0.5) is 0 Å². The molecule has 2 aromatic heterocycles. The highest BCUT2D eigenvalue weighted by Gasteiger charge is 2.24. The number of carbonyl (C=O) groups excluding carboxylic acids is 1. The number of fused-ring (bicyclic) bond motifs is 1. The van der Waals surface area contributed by atoms with E-state index in [1.807, 2.05) is 19.3 Å². The van der Waals surface area contributed by atoms with Crippen LogP contribution in [0.15, 0.2) is 73.1 Å². The Balaban J connectivity index is 1.40. The van der Waals surface area contributed by atoms with E-state index in [0.29, 0.717) is 17.5 Å². The minimum Gasteiger partial charge on any atom is -0.478 e. The second kappa shape index (κ2) is 10.5. The molecule has 4 aromatic rings. The van der Waals surface area contributed by atoms with Crippen LogP contribution in [-0.2, 0) is 13.6 Å². The maximum Gasteiger partial charge on any atom is 0.335 e. The van der Waals surface area contributed by atoms with E-state index >= 15 is 0 Å². The predicted molar refractivity (Wildman–Crippen MR) is 148 cm³/mol. The summed E-state index contributed by atoms with van der Waals surface area (Å²) in [5.74, 6) is -0.375. The van der Waals surface area contributed by atoms with Gasteiger partial charge in [-0.3, -0.25) is 14.5 Å². The van der Waals surface area contributed by atoms with Crippen LogP contribution in [0.2, 0.25) is 0 Å². The molecular weight excluding hydrogens is 476 g/mol. The molecule has 0 saturated carbocycles. The summed E-state index contributed by atoms with van der Waals surface area (Å²) in [7, 11) is 1.84. The second-order valence-corrected chi connectivity index (χ2v) is 9.95. The Bertz CT molecular complexity index is 1520. The third kappa shape index (κ3) is 5.13. The van der Waals surface area contributed by atoms with Crippen LogP contribution in [0.3, 0.4) is 0 Å². The van der Waals surface area contributed by atoms with E-state index in [2.05, 4.69) is 59.6 Å². The molecule has 7 heteroatoms. The SMILES string of the molecule is CC1CC(c2cccnc2)=Cc2cc(-c3cc(C(=O)NCc4ccc(C(=O)O)cc4)nn3C)ccc2[C@H]1C. The summed E-state index contributed by atoms with van der Waals surface area (Å²) in [5, 5.41) is 16.4. The van der Waals surface area contributed by atoms with Crippen molar-refractivity contribution < 1.29 is 14.7 Å². The molecule has 0 radical (unpaired) electrons. The van der Waals surface area contributed by atoms with Gasteiger partial charge in [0.05, 0.1) is 11.3 Å². The lowest BCUT2D eigenvalue weighted by Gasteiger charge is -2.20. The van der Waals surface area contributed by atoms with E-state index in [1.54, 1.807) is 29.1 Å². The Kier molecular flexibility index (Phi) is 6.92. The first kappa shape index (κ1) is 25.1. The molecule has 2 atom stereocenters. The Labute approximate surface area is 221 Å². The molecule has 1 amide bonds. The summed E-state index contributed by atoms with van der Waals surface area (Å²) < 4.78 is 1.73. The van der Waals surface area contributed by atoms with Gasteiger partial charge in [-0.15, -0.1) is 0 Å². The minimum absolute atomic E-state index is 0.210. The number of aromatic carboxylic acids is 1. The molecule has 2 N–H and O–H groups in total. The van der Waals surface area contributed by atoms with Gasteiger partial charge in [0.15, 0.2) is 5.69 Å². The van der Waals surface area contributed by atoms with Crippen molar-refractivity contribution in [2.75, 3.05) is 0 Å². The third-order valence-electron chi connectivity index (χ3n) is 7.40. The van der Waals surface area contributed by atoms with Crippen molar-refractivity contribution in [2.24, 2.45) is 13.0 Å². The van der Waals surface area contributed by atoms with E-state index in [9.17, 15) is 9.59 Å². The average Bonchev–Trinajstić information content (AvgIpc) is 3.27. The highest BCUT2D eigenvalue weighted by Crippen LogP contribution is 2.40. The maximum atomic E-state index is 12.9. The van der Waals surface area contributed by atoms with E-state index in [4.69, 9.17) is 5.11 Å². The van der Waals surface area contributed by atoms with Gasteiger partial charge >= 0.3 is 5.97 Å². The molecule has 7 nitrogen and oxygen atoms in total. The van der Waals surface area contributed by atoms with Gasteiger partial charge in [0.25, 0.3) is 5.91 Å². The van der Waals surface area contributed by atoms with Gasteiger partial charge in [-0.25, -0.2) is 4.79 Å². The number of allylic oxidation sites excluding steroid dienone is 1. The molecule has 5 rings (SSSR count). The molecule has 0 saturated heterocycles. The second-order valence-electron chi connectivity index (χ2n) is 9.95. The third-order valence-corrected chi connectivity index (χ3v) is 7.40. The van der Waals surface area contributed by atoms with Gasteiger partial charge in [-0.2, -0.15) is 5.10 Å². The average molecular weight is 507 g/mol. The first-order valence-electron chi connectivity index (χ1n) is 12.7. The molecule has 192 valence electrons. The standard InChI is InChI=1S/C31H30N4O3/c1-19-13-25(24-5-4-12-32-18-24)15-26-14-23(10-11-27(26)20(19)2)29-16-28(34-35(29)3)30(36)33-17-21-6-8-22(9-7-21)31(37)38/h4-12,14-16,18-20H,13,17H2,1-3H3,(H,33,36)(H,37,38)/t19?,20-/m0/s1. The topological polar surface area (TPSA) is 97.1 Å². The quantitative estimate of drug-likeness (QED) is 0.345. The lowest BCUT2D eigenvalue weighted by molar-refractivity contribution is 0.0696. The number of pyridine rings is 1. The summed E-state index contributed by atoms with van der Waals surface area (Å²) in [6.07, 6.45) is 6.97. The molecule has 0 bridgehead atoms. The fraction of sp³-hybridized carbons (Fsp3) is 0.226. The zero-order valence-corrected chi connectivity index (χ0v) is 21.7. The highest BCUT2D eigenvalue weighted by atomic mass is 16.4. The Hall–Kier alpha value is -4.52. The van der Waals surface area contributed by atoms with Crippen molar-refractivity contribution >= 4 is 23.5 Å². The fourth-order valence-corrected chi connectivity index (χ4v) is 4.99. The zero-order valence-electron chi connectivity index (χ0n) is 21.7. The van der Waals surface area contributed by atoms with Crippen molar-refractivity contribution in [1.29, 1.82) is 0 Å². The number of carboxylic acid groups (broad SMARTS) is 1. The van der Waals surface area contributed by atoms with Crippen LogP contribution >= 0.6 is 0 Å². The lowest BCUT2D eigenvalue weighted by atomic mass is 9.85. The van der Waals surface area contributed by atoms with Gasteiger partial charge < -0.3 is 10.4 Å². The number of aromatic nitrogens is 3.